The quantitative estimate of drug-likeness (QED) is 0.238. The number of benzene rings is 2. The molecule has 3 aromatic rings. The summed E-state index contributed by atoms with van der Waals surface area (Å²) in [5.74, 6) is 0.880. The summed E-state index contributed by atoms with van der Waals surface area (Å²) in [6.45, 7) is 7.00. The lowest BCUT2D eigenvalue weighted by atomic mass is 9.94. The van der Waals surface area contributed by atoms with Crippen LogP contribution < -0.4 is 4.74 Å². The Labute approximate surface area is 288 Å². The number of urea groups is 1. The zero-order valence-electron chi connectivity index (χ0n) is 26.3. The highest BCUT2D eigenvalue weighted by Gasteiger charge is 2.45. The van der Waals surface area contributed by atoms with Crippen molar-refractivity contribution >= 4 is 52.7 Å². The Bertz CT molecular complexity index is 1600. The molecule has 2 aromatic carbocycles. The molecule has 0 N–H and O–H groups in total. The number of aromatic nitrogens is 2. The lowest BCUT2D eigenvalue weighted by Crippen LogP contribution is -2.56. The van der Waals surface area contributed by atoms with Gasteiger partial charge in [-0.15, -0.1) is 0 Å². The summed E-state index contributed by atoms with van der Waals surface area (Å²) in [6.07, 6.45) is 3.58. The van der Waals surface area contributed by atoms with Gasteiger partial charge in [0.25, 0.3) is 0 Å². The van der Waals surface area contributed by atoms with Gasteiger partial charge in [0.1, 0.15) is 11.9 Å². The van der Waals surface area contributed by atoms with Gasteiger partial charge in [0.2, 0.25) is 11.8 Å². The first kappa shape index (κ1) is 33.5. The molecule has 14 heteroatoms. The van der Waals surface area contributed by atoms with Crippen molar-refractivity contribution < 1.29 is 19.1 Å². The fraction of sp³-hybridized carbons (Fsp3) is 0.424. The number of hydrogen-bond acceptors (Lipinski definition) is 9. The SMILES string of the molecule is CCOc1nc(SC)ncc1C1=N[C@@H](c2ccc(Cl)cc2)[C@@H](c2ccc(Cl)cc2)N1C(=O)N1CCN(CC(=O)N2CCOCC2)CC1. The Balaban J connectivity index is 1.34. The standard InChI is InChI=1S/C33H37Cl2N7O4S/c1-3-46-31-26(20-36-32(38-31)47-2)30-37-28(22-4-8-24(34)9-5-22)29(23-6-10-25(35)11-7-23)42(30)33(44)41-14-12-39(13-15-41)21-27(43)40-16-18-45-19-17-40/h4-11,20,28-29H,3,12-19,21H2,1-2H3/t28-,29+/m0/s1. The van der Waals surface area contributed by atoms with Crippen molar-refractivity contribution in [1.82, 2.24) is 29.6 Å². The number of carbonyl (C=O) groups excluding carboxylic acids is 2. The average molecular weight is 699 g/mol. The van der Waals surface area contributed by atoms with Crippen molar-refractivity contribution in [2.75, 3.05) is 71.9 Å². The highest BCUT2D eigenvalue weighted by molar-refractivity contribution is 7.98. The van der Waals surface area contributed by atoms with Gasteiger partial charge < -0.3 is 19.3 Å². The van der Waals surface area contributed by atoms with Gasteiger partial charge in [0, 0.05) is 55.5 Å². The first-order chi connectivity index (χ1) is 22.9. The van der Waals surface area contributed by atoms with Crippen molar-refractivity contribution in [2.45, 2.75) is 24.2 Å². The first-order valence-electron chi connectivity index (χ1n) is 15.6. The number of thioether (sulfide) groups is 1. The van der Waals surface area contributed by atoms with Gasteiger partial charge in [0.15, 0.2) is 5.16 Å². The van der Waals surface area contributed by atoms with Crippen LogP contribution in [0.25, 0.3) is 0 Å². The molecular formula is C33H37Cl2N7O4S. The van der Waals surface area contributed by atoms with E-state index in [1.165, 1.54) is 11.8 Å². The molecule has 0 saturated carbocycles. The third-order valence-corrected chi connectivity index (χ3v) is 9.56. The van der Waals surface area contributed by atoms with Gasteiger partial charge in [-0.2, -0.15) is 4.98 Å². The number of halogens is 2. The zero-order chi connectivity index (χ0) is 32.9. The Morgan fingerprint density at radius 1 is 0.915 bits per heavy atom. The molecule has 3 amide bonds. The number of morpholine rings is 1. The summed E-state index contributed by atoms with van der Waals surface area (Å²) in [7, 11) is 0. The van der Waals surface area contributed by atoms with Gasteiger partial charge in [-0.25, -0.2) is 9.78 Å². The van der Waals surface area contributed by atoms with Gasteiger partial charge in [-0.05, 0) is 48.6 Å². The average Bonchev–Trinajstić information content (AvgIpc) is 3.49. The minimum Gasteiger partial charge on any atom is -0.477 e. The number of nitrogens with zero attached hydrogens (tertiary/aromatic N) is 7. The summed E-state index contributed by atoms with van der Waals surface area (Å²) < 4.78 is 11.4. The molecule has 0 bridgehead atoms. The fourth-order valence-electron chi connectivity index (χ4n) is 6.06. The maximum absolute atomic E-state index is 14.8. The Kier molecular flexibility index (Phi) is 10.8. The molecule has 11 nitrogen and oxygen atoms in total. The molecule has 2 fully saturated rings. The summed E-state index contributed by atoms with van der Waals surface area (Å²) in [6, 6.07) is 13.9. The third kappa shape index (κ3) is 7.52. The summed E-state index contributed by atoms with van der Waals surface area (Å²) in [5.41, 5.74) is 2.30. The normalized spacial score (nSPS) is 20.3. The Morgan fingerprint density at radius 3 is 2.17 bits per heavy atom. The Hall–Kier alpha value is -3.42. The topological polar surface area (TPSA) is 104 Å². The van der Waals surface area contributed by atoms with E-state index in [0.717, 1.165) is 11.1 Å². The van der Waals surface area contributed by atoms with Crippen molar-refractivity contribution in [2.24, 2.45) is 4.99 Å². The van der Waals surface area contributed by atoms with Gasteiger partial charge in [0.05, 0.1) is 38.0 Å². The van der Waals surface area contributed by atoms with Crippen LogP contribution >= 0.6 is 35.0 Å². The van der Waals surface area contributed by atoms with Crippen LogP contribution in [0.5, 0.6) is 5.88 Å². The van der Waals surface area contributed by atoms with E-state index in [2.05, 4.69) is 14.9 Å². The van der Waals surface area contributed by atoms with Crippen LogP contribution in [0.4, 0.5) is 4.79 Å². The smallest absolute Gasteiger partial charge is 0.326 e. The molecule has 3 aliphatic rings. The van der Waals surface area contributed by atoms with E-state index >= 15 is 0 Å². The molecule has 2 saturated heterocycles. The number of piperazine rings is 1. The van der Waals surface area contributed by atoms with E-state index in [-0.39, 0.29) is 11.9 Å². The fourth-order valence-corrected chi connectivity index (χ4v) is 6.64. The highest BCUT2D eigenvalue weighted by atomic mass is 35.5. The number of amidine groups is 1. The van der Waals surface area contributed by atoms with E-state index in [1.54, 1.807) is 11.1 Å². The largest absolute Gasteiger partial charge is 0.477 e. The first-order valence-corrected chi connectivity index (χ1v) is 17.6. The number of rotatable bonds is 8. The minimum absolute atomic E-state index is 0.0905. The minimum atomic E-state index is -0.508. The molecule has 4 heterocycles. The lowest BCUT2D eigenvalue weighted by Gasteiger charge is -2.39. The van der Waals surface area contributed by atoms with Crippen molar-refractivity contribution in [3.05, 3.63) is 81.5 Å². The number of hydrogen-bond donors (Lipinski definition) is 0. The predicted molar refractivity (Wildman–Crippen MR) is 183 cm³/mol. The summed E-state index contributed by atoms with van der Waals surface area (Å²) >= 11 is 14.0. The summed E-state index contributed by atoms with van der Waals surface area (Å²) in [4.78, 5) is 49.6. The van der Waals surface area contributed by atoms with Gasteiger partial charge >= 0.3 is 6.03 Å². The number of amides is 3. The predicted octanol–water partition coefficient (Wildman–Crippen LogP) is 5.05. The molecule has 0 spiro atoms. The Morgan fingerprint density at radius 2 is 1.55 bits per heavy atom. The van der Waals surface area contributed by atoms with E-state index in [4.69, 9.17) is 37.7 Å². The summed E-state index contributed by atoms with van der Waals surface area (Å²) in [5, 5.41) is 1.76. The van der Waals surface area contributed by atoms with Crippen molar-refractivity contribution in [3.63, 3.8) is 0 Å². The molecule has 0 radical (unpaired) electrons. The zero-order valence-corrected chi connectivity index (χ0v) is 28.7. The van der Waals surface area contributed by atoms with Crippen LogP contribution in [0, 0.1) is 0 Å². The van der Waals surface area contributed by atoms with Crippen molar-refractivity contribution in [3.8, 4) is 5.88 Å². The number of ether oxygens (including phenoxy) is 2. The molecule has 0 unspecified atom stereocenters. The highest BCUT2D eigenvalue weighted by Crippen LogP contribution is 2.45. The van der Waals surface area contributed by atoms with Crippen molar-refractivity contribution in [1.29, 1.82) is 0 Å². The molecule has 0 aliphatic carbocycles. The van der Waals surface area contributed by atoms with Crippen LogP contribution in [0.2, 0.25) is 10.0 Å². The van der Waals surface area contributed by atoms with Crippen LogP contribution in [-0.4, -0.2) is 119 Å². The molecule has 1 aromatic heterocycles. The second-order valence-electron chi connectivity index (χ2n) is 11.4. The molecule has 6 rings (SSSR count). The molecule has 47 heavy (non-hydrogen) atoms. The molecular weight excluding hydrogens is 661 g/mol. The second-order valence-corrected chi connectivity index (χ2v) is 13.0. The monoisotopic (exact) mass is 697 g/mol. The maximum atomic E-state index is 14.8. The van der Waals surface area contributed by atoms with E-state index < -0.39 is 12.1 Å². The second kappa shape index (κ2) is 15.2. The van der Waals surface area contributed by atoms with Crippen LogP contribution in [0.3, 0.4) is 0 Å². The van der Waals surface area contributed by atoms with E-state index in [1.807, 2.05) is 71.5 Å². The lowest BCUT2D eigenvalue weighted by molar-refractivity contribution is -0.136. The van der Waals surface area contributed by atoms with Crippen LogP contribution in [-0.2, 0) is 9.53 Å². The molecule has 3 aliphatic heterocycles. The van der Waals surface area contributed by atoms with E-state index in [0.29, 0.717) is 98.1 Å². The number of aliphatic imine (C=N–C) groups is 1. The molecule has 2 atom stereocenters. The number of carbonyl (C=O) groups is 2. The van der Waals surface area contributed by atoms with Gasteiger partial charge in [-0.3, -0.25) is 19.6 Å². The van der Waals surface area contributed by atoms with Crippen LogP contribution in [0.15, 0.2) is 64.9 Å². The van der Waals surface area contributed by atoms with E-state index in [9.17, 15) is 9.59 Å². The third-order valence-electron chi connectivity index (χ3n) is 8.50. The maximum Gasteiger partial charge on any atom is 0.326 e. The van der Waals surface area contributed by atoms with Gasteiger partial charge in [-0.1, -0.05) is 59.2 Å². The van der Waals surface area contributed by atoms with Crippen LogP contribution in [0.1, 0.15) is 35.7 Å². The molecule has 248 valence electrons.